The second-order valence-electron chi connectivity index (χ2n) is 4.90. The number of hydrogen-bond acceptors (Lipinski definition) is 2. The van der Waals surface area contributed by atoms with Crippen LogP contribution >= 0.6 is 11.6 Å². The third kappa shape index (κ3) is 2.94. The summed E-state index contributed by atoms with van der Waals surface area (Å²) in [5.41, 5.74) is 8.41. The standard InChI is InChI=1S/C16H17ClN2O/c1-10(2)11-6-3-4-9-14(11)19-16(20)12-7-5-8-13(17)15(12)18/h3-10H,18H2,1-2H3,(H,19,20). The van der Waals surface area contributed by atoms with E-state index in [-0.39, 0.29) is 5.91 Å². The molecule has 0 aliphatic carbocycles. The Kier molecular flexibility index (Phi) is 4.30. The highest BCUT2D eigenvalue weighted by Gasteiger charge is 2.14. The molecule has 4 heteroatoms. The highest BCUT2D eigenvalue weighted by molar-refractivity contribution is 6.34. The molecule has 0 aromatic heterocycles. The van der Waals surface area contributed by atoms with Crippen LogP contribution in [0.1, 0.15) is 35.7 Å². The summed E-state index contributed by atoms with van der Waals surface area (Å²) in [7, 11) is 0. The van der Waals surface area contributed by atoms with Crippen molar-refractivity contribution in [1.29, 1.82) is 0 Å². The van der Waals surface area contributed by atoms with E-state index in [2.05, 4.69) is 19.2 Å². The van der Waals surface area contributed by atoms with Crippen molar-refractivity contribution >= 4 is 28.9 Å². The van der Waals surface area contributed by atoms with Crippen LogP contribution in [-0.4, -0.2) is 5.91 Å². The van der Waals surface area contributed by atoms with Gasteiger partial charge in [0.2, 0.25) is 0 Å². The molecule has 0 radical (unpaired) electrons. The molecule has 3 nitrogen and oxygen atoms in total. The van der Waals surface area contributed by atoms with Crippen LogP contribution in [0.5, 0.6) is 0 Å². The zero-order chi connectivity index (χ0) is 14.7. The number of hydrogen-bond donors (Lipinski definition) is 2. The molecular weight excluding hydrogens is 272 g/mol. The normalized spacial score (nSPS) is 10.6. The summed E-state index contributed by atoms with van der Waals surface area (Å²) in [4.78, 5) is 12.3. The first-order valence-electron chi connectivity index (χ1n) is 6.45. The fourth-order valence-corrected chi connectivity index (χ4v) is 2.21. The molecule has 20 heavy (non-hydrogen) atoms. The lowest BCUT2D eigenvalue weighted by atomic mass is 10.0. The van der Waals surface area contributed by atoms with Crippen LogP contribution in [0.3, 0.4) is 0 Å². The van der Waals surface area contributed by atoms with Gasteiger partial charge in [-0.3, -0.25) is 4.79 Å². The van der Waals surface area contributed by atoms with Gasteiger partial charge >= 0.3 is 0 Å². The topological polar surface area (TPSA) is 55.1 Å². The number of rotatable bonds is 3. The van der Waals surface area contributed by atoms with E-state index in [1.807, 2.05) is 24.3 Å². The van der Waals surface area contributed by atoms with Gasteiger partial charge in [0.1, 0.15) is 0 Å². The molecule has 0 fully saturated rings. The summed E-state index contributed by atoms with van der Waals surface area (Å²) in [5, 5.41) is 3.28. The van der Waals surface area contributed by atoms with Gasteiger partial charge in [-0.1, -0.05) is 49.7 Å². The fraction of sp³-hybridized carbons (Fsp3) is 0.188. The number of carbonyl (C=O) groups is 1. The molecule has 0 saturated carbocycles. The second kappa shape index (κ2) is 5.97. The first-order valence-corrected chi connectivity index (χ1v) is 6.82. The molecule has 104 valence electrons. The average Bonchev–Trinajstić information content (AvgIpc) is 2.42. The van der Waals surface area contributed by atoms with Gasteiger partial charge in [-0.05, 0) is 29.7 Å². The number of halogens is 1. The summed E-state index contributed by atoms with van der Waals surface area (Å²) >= 11 is 5.94. The van der Waals surface area contributed by atoms with Crippen LogP contribution in [0.2, 0.25) is 5.02 Å². The molecule has 0 aliphatic rings. The van der Waals surface area contributed by atoms with Gasteiger partial charge in [-0.2, -0.15) is 0 Å². The van der Waals surface area contributed by atoms with Crippen LogP contribution in [0.25, 0.3) is 0 Å². The molecule has 2 rings (SSSR count). The van der Waals surface area contributed by atoms with E-state index in [1.54, 1.807) is 18.2 Å². The smallest absolute Gasteiger partial charge is 0.257 e. The van der Waals surface area contributed by atoms with Gasteiger partial charge in [-0.15, -0.1) is 0 Å². The van der Waals surface area contributed by atoms with Gasteiger partial charge in [0.25, 0.3) is 5.91 Å². The van der Waals surface area contributed by atoms with Crippen molar-refractivity contribution in [1.82, 2.24) is 0 Å². The van der Waals surface area contributed by atoms with E-state index in [0.717, 1.165) is 11.3 Å². The van der Waals surface area contributed by atoms with Crippen molar-refractivity contribution in [2.45, 2.75) is 19.8 Å². The number of nitrogens with two attached hydrogens (primary N) is 1. The summed E-state index contributed by atoms with van der Waals surface area (Å²) < 4.78 is 0. The van der Waals surface area contributed by atoms with Crippen molar-refractivity contribution in [2.24, 2.45) is 0 Å². The zero-order valence-electron chi connectivity index (χ0n) is 11.5. The number of benzene rings is 2. The maximum absolute atomic E-state index is 12.3. The van der Waals surface area contributed by atoms with Crippen molar-refractivity contribution in [3.63, 3.8) is 0 Å². The Hall–Kier alpha value is -2.00. The number of nitrogen functional groups attached to an aromatic ring is 1. The van der Waals surface area contributed by atoms with Gasteiger partial charge in [0, 0.05) is 5.69 Å². The van der Waals surface area contributed by atoms with E-state index in [1.165, 1.54) is 0 Å². The molecule has 0 unspecified atom stereocenters. The first-order chi connectivity index (χ1) is 9.50. The molecule has 3 N–H and O–H groups in total. The lowest BCUT2D eigenvalue weighted by Gasteiger charge is -2.14. The van der Waals surface area contributed by atoms with Crippen molar-refractivity contribution in [3.05, 3.63) is 58.6 Å². The minimum atomic E-state index is -0.252. The zero-order valence-corrected chi connectivity index (χ0v) is 12.2. The minimum absolute atomic E-state index is 0.252. The molecule has 1 amide bonds. The molecular formula is C16H17ClN2O. The molecule has 0 heterocycles. The third-order valence-electron chi connectivity index (χ3n) is 3.13. The van der Waals surface area contributed by atoms with E-state index >= 15 is 0 Å². The highest BCUT2D eigenvalue weighted by atomic mass is 35.5. The van der Waals surface area contributed by atoms with Crippen LogP contribution in [0.15, 0.2) is 42.5 Å². The third-order valence-corrected chi connectivity index (χ3v) is 3.46. The molecule has 0 bridgehead atoms. The van der Waals surface area contributed by atoms with Crippen molar-refractivity contribution < 1.29 is 4.79 Å². The second-order valence-corrected chi connectivity index (χ2v) is 5.30. The van der Waals surface area contributed by atoms with Gasteiger partial charge in [0.15, 0.2) is 0 Å². The van der Waals surface area contributed by atoms with E-state index in [0.29, 0.717) is 22.2 Å². The SMILES string of the molecule is CC(C)c1ccccc1NC(=O)c1cccc(Cl)c1N. The maximum atomic E-state index is 12.3. The van der Waals surface area contributed by atoms with Crippen LogP contribution in [-0.2, 0) is 0 Å². The number of amides is 1. The Morgan fingerprint density at radius 3 is 2.55 bits per heavy atom. The Labute approximate surface area is 123 Å². The predicted molar refractivity (Wildman–Crippen MR) is 84.3 cm³/mol. The molecule has 0 aliphatic heterocycles. The average molecular weight is 289 g/mol. The Balaban J connectivity index is 2.31. The highest BCUT2D eigenvalue weighted by Crippen LogP contribution is 2.26. The summed E-state index contributed by atoms with van der Waals surface area (Å²) in [5.74, 6) is 0.0707. The lowest BCUT2D eigenvalue weighted by molar-refractivity contribution is 0.102. The lowest BCUT2D eigenvalue weighted by Crippen LogP contribution is -2.15. The van der Waals surface area contributed by atoms with Gasteiger partial charge < -0.3 is 11.1 Å². The van der Waals surface area contributed by atoms with Crippen LogP contribution in [0.4, 0.5) is 11.4 Å². The minimum Gasteiger partial charge on any atom is -0.397 e. The number of para-hydroxylation sites is 2. The first kappa shape index (κ1) is 14.4. The molecule has 0 saturated heterocycles. The number of carbonyl (C=O) groups excluding carboxylic acids is 1. The van der Waals surface area contributed by atoms with Crippen LogP contribution < -0.4 is 11.1 Å². The molecule has 2 aromatic carbocycles. The van der Waals surface area contributed by atoms with Crippen molar-refractivity contribution in [2.75, 3.05) is 11.1 Å². The Bertz CT molecular complexity index is 638. The monoisotopic (exact) mass is 288 g/mol. The largest absolute Gasteiger partial charge is 0.397 e. The quantitative estimate of drug-likeness (QED) is 0.828. The van der Waals surface area contributed by atoms with E-state index in [9.17, 15) is 4.79 Å². The van der Waals surface area contributed by atoms with E-state index < -0.39 is 0 Å². The van der Waals surface area contributed by atoms with Gasteiger partial charge in [0.05, 0.1) is 16.3 Å². The molecule has 2 aromatic rings. The molecule has 0 atom stereocenters. The number of anilines is 2. The van der Waals surface area contributed by atoms with Crippen molar-refractivity contribution in [3.8, 4) is 0 Å². The number of nitrogens with one attached hydrogen (secondary N) is 1. The van der Waals surface area contributed by atoms with Gasteiger partial charge in [-0.25, -0.2) is 0 Å². The predicted octanol–water partition coefficient (Wildman–Crippen LogP) is 4.30. The summed E-state index contributed by atoms with van der Waals surface area (Å²) in [6.07, 6.45) is 0. The molecule has 0 spiro atoms. The summed E-state index contributed by atoms with van der Waals surface area (Å²) in [6.45, 7) is 4.16. The Morgan fingerprint density at radius 2 is 1.85 bits per heavy atom. The Morgan fingerprint density at radius 1 is 1.15 bits per heavy atom. The van der Waals surface area contributed by atoms with Crippen LogP contribution in [0, 0.1) is 0 Å². The fourth-order valence-electron chi connectivity index (χ4n) is 2.04. The summed E-state index contributed by atoms with van der Waals surface area (Å²) in [6, 6.07) is 12.8. The van der Waals surface area contributed by atoms with E-state index in [4.69, 9.17) is 17.3 Å². The maximum Gasteiger partial charge on any atom is 0.257 e.